The van der Waals surface area contributed by atoms with E-state index >= 15 is 0 Å². The van der Waals surface area contributed by atoms with Crippen LogP contribution < -0.4 is 10.5 Å². The highest BCUT2D eigenvalue weighted by Gasteiger charge is 2.05. The number of nitrogens with zero attached hydrogens (tertiary/aromatic N) is 1. The molecule has 3 N–H and O–H groups in total. The molecule has 0 aliphatic carbocycles. The van der Waals surface area contributed by atoms with E-state index in [4.69, 9.17) is 27.3 Å². The molecule has 0 radical (unpaired) electrons. The zero-order valence-electron chi connectivity index (χ0n) is 10.1. The summed E-state index contributed by atoms with van der Waals surface area (Å²) in [4.78, 5) is 0. The van der Waals surface area contributed by atoms with Crippen molar-refractivity contribution in [2.24, 2.45) is 10.9 Å². The third-order valence-electron chi connectivity index (χ3n) is 2.54. The molecule has 0 spiro atoms. The van der Waals surface area contributed by atoms with Gasteiger partial charge in [-0.1, -0.05) is 53.2 Å². The lowest BCUT2D eigenvalue weighted by Crippen LogP contribution is -2.20. The molecule has 0 saturated carbocycles. The van der Waals surface area contributed by atoms with Crippen molar-refractivity contribution in [3.8, 4) is 16.9 Å². The highest BCUT2D eigenvalue weighted by Crippen LogP contribution is 2.30. The third-order valence-corrected chi connectivity index (χ3v) is 2.84. The number of hydrogen-bond donors (Lipinski definition) is 2. The number of halogens is 1. The van der Waals surface area contributed by atoms with E-state index in [1.165, 1.54) is 0 Å². The standard InChI is InChI=1S/C14H13ClN2O2/c15-12-8-11(10-4-2-1-3-5-10)6-7-13(12)19-9-14(16)17-18/h1-8,18H,9H2,(H2,16,17). The van der Waals surface area contributed by atoms with Crippen LogP contribution in [0.25, 0.3) is 11.1 Å². The van der Waals surface area contributed by atoms with Gasteiger partial charge in [0.25, 0.3) is 0 Å². The maximum absolute atomic E-state index is 8.42. The number of hydrogen-bond acceptors (Lipinski definition) is 3. The van der Waals surface area contributed by atoms with E-state index in [9.17, 15) is 0 Å². The van der Waals surface area contributed by atoms with Gasteiger partial charge < -0.3 is 15.7 Å². The highest BCUT2D eigenvalue weighted by molar-refractivity contribution is 6.32. The van der Waals surface area contributed by atoms with Crippen molar-refractivity contribution >= 4 is 17.4 Å². The van der Waals surface area contributed by atoms with Gasteiger partial charge in [-0.25, -0.2) is 0 Å². The minimum absolute atomic E-state index is 0.0109. The Hall–Kier alpha value is -2.20. The summed E-state index contributed by atoms with van der Waals surface area (Å²) in [6, 6.07) is 15.4. The minimum Gasteiger partial charge on any atom is -0.484 e. The second kappa shape index (κ2) is 6.11. The first-order valence-corrected chi connectivity index (χ1v) is 6.02. The van der Waals surface area contributed by atoms with Crippen molar-refractivity contribution in [3.63, 3.8) is 0 Å². The lowest BCUT2D eigenvalue weighted by Gasteiger charge is -2.09. The van der Waals surface area contributed by atoms with E-state index < -0.39 is 0 Å². The predicted molar refractivity (Wildman–Crippen MR) is 75.8 cm³/mol. The Morgan fingerprint density at radius 1 is 1.16 bits per heavy atom. The van der Waals surface area contributed by atoms with Crippen LogP contribution in [-0.4, -0.2) is 17.6 Å². The molecule has 0 amide bonds. The number of ether oxygens (including phenoxy) is 1. The lowest BCUT2D eigenvalue weighted by atomic mass is 10.1. The van der Waals surface area contributed by atoms with E-state index in [-0.39, 0.29) is 12.4 Å². The highest BCUT2D eigenvalue weighted by atomic mass is 35.5. The van der Waals surface area contributed by atoms with Crippen LogP contribution in [0.1, 0.15) is 0 Å². The van der Waals surface area contributed by atoms with Gasteiger partial charge in [0, 0.05) is 0 Å². The minimum atomic E-state index is -0.0130. The topological polar surface area (TPSA) is 67.8 Å². The van der Waals surface area contributed by atoms with E-state index in [1.54, 1.807) is 6.07 Å². The molecular weight excluding hydrogens is 264 g/mol. The summed E-state index contributed by atoms with van der Waals surface area (Å²) in [5.74, 6) is 0.483. The van der Waals surface area contributed by atoms with Crippen LogP contribution in [0.3, 0.4) is 0 Å². The van der Waals surface area contributed by atoms with Crippen molar-refractivity contribution in [1.82, 2.24) is 0 Å². The fourth-order valence-corrected chi connectivity index (χ4v) is 1.84. The zero-order valence-corrected chi connectivity index (χ0v) is 10.8. The fourth-order valence-electron chi connectivity index (χ4n) is 1.61. The molecule has 0 atom stereocenters. The van der Waals surface area contributed by atoms with E-state index in [0.717, 1.165) is 11.1 Å². The smallest absolute Gasteiger partial charge is 0.177 e. The summed E-state index contributed by atoms with van der Waals surface area (Å²) in [6.45, 7) is -0.0130. The van der Waals surface area contributed by atoms with Gasteiger partial charge in [-0.3, -0.25) is 0 Å². The largest absolute Gasteiger partial charge is 0.484 e. The molecule has 2 rings (SSSR count). The Morgan fingerprint density at radius 2 is 1.89 bits per heavy atom. The first-order chi connectivity index (χ1) is 9.20. The van der Waals surface area contributed by atoms with Crippen molar-refractivity contribution in [3.05, 3.63) is 53.6 Å². The normalized spacial score (nSPS) is 11.3. The van der Waals surface area contributed by atoms with Crippen molar-refractivity contribution in [2.45, 2.75) is 0 Å². The number of rotatable bonds is 4. The first kappa shape index (κ1) is 13.2. The number of oxime groups is 1. The summed E-state index contributed by atoms with van der Waals surface area (Å²) in [5.41, 5.74) is 7.40. The van der Waals surface area contributed by atoms with Gasteiger partial charge in [0.05, 0.1) is 5.02 Å². The molecule has 98 valence electrons. The zero-order chi connectivity index (χ0) is 13.7. The molecule has 0 heterocycles. The van der Waals surface area contributed by atoms with Crippen LogP contribution in [-0.2, 0) is 0 Å². The van der Waals surface area contributed by atoms with Crippen LogP contribution in [0.2, 0.25) is 5.02 Å². The lowest BCUT2D eigenvalue weighted by molar-refractivity contribution is 0.306. The number of benzene rings is 2. The van der Waals surface area contributed by atoms with Gasteiger partial charge in [-0.2, -0.15) is 0 Å². The SMILES string of the molecule is N/C(COc1ccc(-c2ccccc2)cc1Cl)=N/O. The molecule has 0 bridgehead atoms. The molecule has 4 nitrogen and oxygen atoms in total. The molecular formula is C14H13ClN2O2. The Balaban J connectivity index is 2.18. The van der Waals surface area contributed by atoms with E-state index in [2.05, 4.69) is 5.16 Å². The molecule has 0 fully saturated rings. The maximum atomic E-state index is 8.42. The third kappa shape index (κ3) is 3.39. The van der Waals surface area contributed by atoms with Gasteiger partial charge in [0.15, 0.2) is 5.84 Å². The Bertz CT molecular complexity index is 585. The van der Waals surface area contributed by atoms with Gasteiger partial charge >= 0.3 is 0 Å². The molecule has 0 unspecified atom stereocenters. The fraction of sp³-hybridized carbons (Fsp3) is 0.0714. The Labute approximate surface area is 116 Å². The Kier molecular flexibility index (Phi) is 4.26. The van der Waals surface area contributed by atoms with Crippen LogP contribution >= 0.6 is 11.6 Å². The molecule has 19 heavy (non-hydrogen) atoms. The molecule has 0 saturated heterocycles. The monoisotopic (exact) mass is 276 g/mol. The van der Waals surface area contributed by atoms with Gasteiger partial charge in [0.2, 0.25) is 0 Å². The average Bonchev–Trinajstić information content (AvgIpc) is 2.46. The second-order valence-corrected chi connectivity index (χ2v) is 4.30. The molecule has 2 aromatic carbocycles. The van der Waals surface area contributed by atoms with Gasteiger partial charge in [-0.05, 0) is 23.3 Å². The van der Waals surface area contributed by atoms with Crippen LogP contribution in [0, 0.1) is 0 Å². The van der Waals surface area contributed by atoms with Gasteiger partial charge in [0.1, 0.15) is 12.4 Å². The summed E-state index contributed by atoms with van der Waals surface area (Å²) in [5, 5.41) is 11.7. The van der Waals surface area contributed by atoms with Crippen molar-refractivity contribution in [2.75, 3.05) is 6.61 Å². The predicted octanol–water partition coefficient (Wildman–Crippen LogP) is 3.13. The first-order valence-electron chi connectivity index (χ1n) is 5.65. The van der Waals surface area contributed by atoms with Crippen LogP contribution in [0.15, 0.2) is 53.7 Å². The second-order valence-electron chi connectivity index (χ2n) is 3.89. The molecule has 0 aliphatic rings. The summed E-state index contributed by atoms with van der Waals surface area (Å²) >= 11 is 6.14. The van der Waals surface area contributed by atoms with E-state index in [1.807, 2.05) is 42.5 Å². The van der Waals surface area contributed by atoms with Crippen molar-refractivity contribution in [1.29, 1.82) is 0 Å². The van der Waals surface area contributed by atoms with E-state index in [0.29, 0.717) is 10.8 Å². The van der Waals surface area contributed by atoms with Crippen LogP contribution in [0.5, 0.6) is 5.75 Å². The van der Waals surface area contributed by atoms with Gasteiger partial charge in [-0.15, -0.1) is 0 Å². The summed E-state index contributed by atoms with van der Waals surface area (Å²) in [6.07, 6.45) is 0. The average molecular weight is 277 g/mol. The molecule has 2 aromatic rings. The summed E-state index contributed by atoms with van der Waals surface area (Å²) < 4.78 is 5.33. The molecule has 5 heteroatoms. The Morgan fingerprint density at radius 3 is 2.53 bits per heavy atom. The van der Waals surface area contributed by atoms with Crippen molar-refractivity contribution < 1.29 is 9.94 Å². The quantitative estimate of drug-likeness (QED) is 0.390. The van der Waals surface area contributed by atoms with Crippen LogP contribution in [0.4, 0.5) is 0 Å². The number of nitrogens with two attached hydrogens (primary N) is 1. The maximum Gasteiger partial charge on any atom is 0.177 e. The number of amidine groups is 1. The molecule has 0 aromatic heterocycles. The summed E-state index contributed by atoms with van der Waals surface area (Å²) in [7, 11) is 0. The molecule has 0 aliphatic heterocycles.